The zero-order chi connectivity index (χ0) is 22.9. The van der Waals surface area contributed by atoms with E-state index in [0.29, 0.717) is 24.6 Å². The van der Waals surface area contributed by atoms with Gasteiger partial charge in [0.1, 0.15) is 12.3 Å². The van der Waals surface area contributed by atoms with Crippen LogP contribution in [-0.2, 0) is 20.9 Å². The second-order valence-corrected chi connectivity index (χ2v) is 7.86. The molecule has 2 aromatic rings. The van der Waals surface area contributed by atoms with Crippen LogP contribution in [0, 0.1) is 5.92 Å². The predicted molar refractivity (Wildman–Crippen MR) is 123 cm³/mol. The van der Waals surface area contributed by atoms with E-state index in [1.807, 2.05) is 0 Å². The minimum Gasteiger partial charge on any atom is -0.497 e. The minimum atomic E-state index is -0.212. The van der Waals surface area contributed by atoms with Gasteiger partial charge in [-0.2, -0.15) is 5.10 Å². The summed E-state index contributed by atoms with van der Waals surface area (Å²) in [6, 6.07) is 6.89. The smallest absolute Gasteiger partial charge is 0.246 e. The highest BCUT2D eigenvalue weighted by molar-refractivity contribution is 5.95. The molecule has 1 fully saturated rings. The van der Waals surface area contributed by atoms with Crippen molar-refractivity contribution in [2.75, 3.05) is 44.0 Å². The van der Waals surface area contributed by atoms with E-state index in [-0.39, 0.29) is 30.3 Å². The van der Waals surface area contributed by atoms with Crippen LogP contribution in [0.25, 0.3) is 0 Å². The molecule has 9 heteroatoms. The lowest BCUT2D eigenvalue weighted by atomic mass is 9.91. The van der Waals surface area contributed by atoms with E-state index in [4.69, 9.17) is 9.47 Å². The van der Waals surface area contributed by atoms with E-state index < -0.39 is 0 Å². The summed E-state index contributed by atoms with van der Waals surface area (Å²) < 4.78 is 12.1. The van der Waals surface area contributed by atoms with Crippen molar-refractivity contribution in [3.8, 4) is 5.75 Å². The SMILES string of the molecule is CCC(CC)[C@H](C(=O)Nc1cnn(CC(=O)Nc2ccc(OC)cc2)c1)N1CCOCC1. The number of carbonyl (C=O) groups excluding carboxylic acids is 2. The summed E-state index contributed by atoms with van der Waals surface area (Å²) in [6.07, 6.45) is 5.10. The van der Waals surface area contributed by atoms with E-state index in [2.05, 4.69) is 34.5 Å². The molecular formula is C23H33N5O4. The number of benzene rings is 1. The summed E-state index contributed by atoms with van der Waals surface area (Å²) in [5.74, 6) is 0.736. The van der Waals surface area contributed by atoms with Gasteiger partial charge in [0.25, 0.3) is 0 Å². The first-order valence-corrected chi connectivity index (χ1v) is 11.1. The molecule has 0 spiro atoms. The first-order valence-electron chi connectivity index (χ1n) is 11.1. The molecule has 2 amide bonds. The van der Waals surface area contributed by atoms with Crippen molar-refractivity contribution in [3.63, 3.8) is 0 Å². The summed E-state index contributed by atoms with van der Waals surface area (Å²) in [5, 5.41) is 10.0. The van der Waals surface area contributed by atoms with Gasteiger partial charge in [-0.1, -0.05) is 26.7 Å². The van der Waals surface area contributed by atoms with Gasteiger partial charge < -0.3 is 20.1 Å². The van der Waals surface area contributed by atoms with Crippen molar-refractivity contribution in [2.24, 2.45) is 5.92 Å². The number of nitrogens with zero attached hydrogens (tertiary/aromatic N) is 3. The van der Waals surface area contributed by atoms with Gasteiger partial charge in [-0.3, -0.25) is 19.2 Å². The molecule has 1 aliphatic heterocycles. The third-order valence-corrected chi connectivity index (χ3v) is 5.78. The van der Waals surface area contributed by atoms with Gasteiger partial charge in [0.2, 0.25) is 11.8 Å². The minimum absolute atomic E-state index is 0.0390. The third-order valence-electron chi connectivity index (χ3n) is 5.78. The van der Waals surface area contributed by atoms with Crippen LogP contribution in [0.4, 0.5) is 11.4 Å². The van der Waals surface area contributed by atoms with E-state index >= 15 is 0 Å². The van der Waals surface area contributed by atoms with Gasteiger partial charge >= 0.3 is 0 Å². The Bertz CT molecular complexity index is 873. The molecule has 174 valence electrons. The largest absolute Gasteiger partial charge is 0.497 e. The number of ether oxygens (including phenoxy) is 2. The van der Waals surface area contributed by atoms with Crippen molar-refractivity contribution in [2.45, 2.75) is 39.3 Å². The zero-order valence-corrected chi connectivity index (χ0v) is 19.0. The molecule has 1 saturated heterocycles. The lowest BCUT2D eigenvalue weighted by Gasteiger charge is -2.37. The molecule has 1 aliphatic rings. The fourth-order valence-electron chi connectivity index (χ4n) is 4.02. The second-order valence-electron chi connectivity index (χ2n) is 7.86. The van der Waals surface area contributed by atoms with Crippen LogP contribution < -0.4 is 15.4 Å². The zero-order valence-electron chi connectivity index (χ0n) is 19.0. The number of anilines is 2. The average Bonchev–Trinajstić information content (AvgIpc) is 3.24. The molecule has 3 rings (SSSR count). The van der Waals surface area contributed by atoms with Crippen LogP contribution >= 0.6 is 0 Å². The standard InChI is InChI=1S/C23H33N5O4/c1-4-17(5-2)22(27-10-12-32-13-11-27)23(30)26-19-14-24-28(15-19)16-21(29)25-18-6-8-20(31-3)9-7-18/h6-9,14-15,17,22H,4-5,10-13,16H2,1-3H3,(H,25,29)(H,26,30)/t22-/m1/s1. The highest BCUT2D eigenvalue weighted by atomic mass is 16.5. The maximum absolute atomic E-state index is 13.2. The molecule has 1 aromatic carbocycles. The Morgan fingerprint density at radius 1 is 1.09 bits per heavy atom. The lowest BCUT2D eigenvalue weighted by Crippen LogP contribution is -2.52. The number of amides is 2. The Morgan fingerprint density at radius 2 is 1.78 bits per heavy atom. The molecule has 0 unspecified atom stereocenters. The quantitative estimate of drug-likeness (QED) is 0.586. The van der Waals surface area contributed by atoms with Gasteiger partial charge in [0, 0.05) is 25.0 Å². The fraction of sp³-hybridized carbons (Fsp3) is 0.522. The Balaban J connectivity index is 1.59. The normalized spacial score (nSPS) is 15.4. The topological polar surface area (TPSA) is 97.7 Å². The number of hydrogen-bond acceptors (Lipinski definition) is 6. The monoisotopic (exact) mass is 443 g/mol. The number of morpholine rings is 1. The average molecular weight is 444 g/mol. The number of methoxy groups -OCH3 is 1. The molecule has 2 heterocycles. The van der Waals surface area contributed by atoms with Crippen LogP contribution in [0.3, 0.4) is 0 Å². The molecule has 0 radical (unpaired) electrons. The van der Waals surface area contributed by atoms with Gasteiger partial charge in [-0.05, 0) is 30.2 Å². The Kier molecular flexibility index (Phi) is 8.64. The van der Waals surface area contributed by atoms with Gasteiger partial charge in [0.15, 0.2) is 0 Å². The Morgan fingerprint density at radius 3 is 2.41 bits per heavy atom. The summed E-state index contributed by atoms with van der Waals surface area (Å²) in [4.78, 5) is 27.7. The van der Waals surface area contributed by atoms with Gasteiger partial charge in [-0.25, -0.2) is 0 Å². The van der Waals surface area contributed by atoms with Crippen molar-refractivity contribution in [3.05, 3.63) is 36.7 Å². The van der Waals surface area contributed by atoms with Crippen LogP contribution in [0.2, 0.25) is 0 Å². The van der Waals surface area contributed by atoms with Gasteiger partial charge in [-0.15, -0.1) is 0 Å². The van der Waals surface area contributed by atoms with Crippen molar-refractivity contribution < 1.29 is 19.1 Å². The third kappa shape index (κ3) is 6.30. The molecule has 1 atom stereocenters. The van der Waals surface area contributed by atoms with E-state index in [1.54, 1.807) is 43.8 Å². The van der Waals surface area contributed by atoms with E-state index in [1.165, 1.54) is 4.68 Å². The molecular weight excluding hydrogens is 410 g/mol. The summed E-state index contributed by atoms with van der Waals surface area (Å²) >= 11 is 0. The summed E-state index contributed by atoms with van der Waals surface area (Å²) in [7, 11) is 1.59. The molecule has 2 N–H and O–H groups in total. The highest BCUT2D eigenvalue weighted by Crippen LogP contribution is 2.22. The van der Waals surface area contributed by atoms with Crippen molar-refractivity contribution >= 4 is 23.2 Å². The Labute approximate surface area is 189 Å². The van der Waals surface area contributed by atoms with Crippen molar-refractivity contribution in [1.82, 2.24) is 14.7 Å². The first kappa shape index (κ1) is 23.7. The maximum atomic E-state index is 13.2. The molecule has 0 bridgehead atoms. The number of carbonyl (C=O) groups is 2. The van der Waals surface area contributed by atoms with Crippen molar-refractivity contribution in [1.29, 1.82) is 0 Å². The molecule has 9 nitrogen and oxygen atoms in total. The van der Waals surface area contributed by atoms with Crippen LogP contribution in [0.15, 0.2) is 36.7 Å². The molecule has 0 aliphatic carbocycles. The molecule has 0 saturated carbocycles. The van der Waals surface area contributed by atoms with Crippen LogP contribution in [0.5, 0.6) is 5.75 Å². The van der Waals surface area contributed by atoms with Gasteiger partial charge in [0.05, 0.1) is 38.2 Å². The van der Waals surface area contributed by atoms with E-state index in [9.17, 15) is 9.59 Å². The maximum Gasteiger partial charge on any atom is 0.246 e. The molecule has 1 aromatic heterocycles. The van der Waals surface area contributed by atoms with Crippen LogP contribution in [0.1, 0.15) is 26.7 Å². The highest BCUT2D eigenvalue weighted by Gasteiger charge is 2.33. The Hall–Kier alpha value is -2.91. The fourth-order valence-corrected chi connectivity index (χ4v) is 4.02. The predicted octanol–water partition coefficient (Wildman–Crippen LogP) is 2.61. The number of aromatic nitrogens is 2. The summed E-state index contributed by atoms with van der Waals surface area (Å²) in [5.41, 5.74) is 1.26. The molecule has 32 heavy (non-hydrogen) atoms. The first-order chi connectivity index (χ1) is 15.5. The number of nitrogens with one attached hydrogen (secondary N) is 2. The number of rotatable bonds is 10. The van der Waals surface area contributed by atoms with Crippen LogP contribution in [-0.4, -0.2) is 65.9 Å². The summed E-state index contributed by atoms with van der Waals surface area (Å²) in [6.45, 7) is 7.07. The second kappa shape index (κ2) is 11.6. The lowest BCUT2D eigenvalue weighted by molar-refractivity contribution is -0.125. The van der Waals surface area contributed by atoms with E-state index in [0.717, 1.165) is 31.7 Å². The number of hydrogen-bond donors (Lipinski definition) is 2.